The molecule has 5 rings (SSSR count). The van der Waals surface area contributed by atoms with Gasteiger partial charge in [-0.2, -0.15) is 8.42 Å². The zero-order chi connectivity index (χ0) is 24.4. The lowest BCUT2D eigenvalue weighted by molar-refractivity contribution is -0.123. The third kappa shape index (κ3) is 4.84. The Morgan fingerprint density at radius 2 is 1.49 bits per heavy atom. The maximum absolute atomic E-state index is 13.0. The zero-order valence-electron chi connectivity index (χ0n) is 18.3. The van der Waals surface area contributed by atoms with Gasteiger partial charge in [-0.3, -0.25) is 14.5 Å². The quantitative estimate of drug-likeness (QED) is 0.244. The molecular formula is C27H19NO5S2. The number of benzene rings is 4. The minimum Gasteiger partial charge on any atom is -0.379 e. The van der Waals surface area contributed by atoms with E-state index >= 15 is 0 Å². The predicted molar refractivity (Wildman–Crippen MR) is 136 cm³/mol. The average molecular weight is 502 g/mol. The van der Waals surface area contributed by atoms with Crippen LogP contribution in [-0.4, -0.2) is 24.5 Å². The highest BCUT2D eigenvalue weighted by Gasteiger charge is 2.35. The molecule has 0 spiro atoms. The van der Waals surface area contributed by atoms with E-state index in [1.165, 1.54) is 29.2 Å². The number of fused-ring (bicyclic) bond motifs is 1. The number of hydrogen-bond acceptors (Lipinski definition) is 6. The van der Waals surface area contributed by atoms with Gasteiger partial charge < -0.3 is 4.18 Å². The number of thioether (sulfide) groups is 1. The van der Waals surface area contributed by atoms with Crippen LogP contribution < -0.4 is 4.18 Å². The summed E-state index contributed by atoms with van der Waals surface area (Å²) in [6, 6.07) is 27.8. The SMILES string of the molecule is O=C1S/C(=C\c2ccc(OS(=O)(=O)c3ccccc3)cc2)C(=O)N1Cc1cccc2ccccc12. The van der Waals surface area contributed by atoms with Crippen molar-refractivity contribution in [1.29, 1.82) is 0 Å². The van der Waals surface area contributed by atoms with Crippen LogP contribution in [0.5, 0.6) is 5.75 Å². The Morgan fingerprint density at radius 1 is 0.800 bits per heavy atom. The lowest BCUT2D eigenvalue weighted by Gasteiger charge is -2.14. The molecule has 0 unspecified atom stereocenters. The molecule has 0 aliphatic carbocycles. The Morgan fingerprint density at radius 3 is 2.26 bits per heavy atom. The number of rotatable bonds is 6. The summed E-state index contributed by atoms with van der Waals surface area (Å²) in [7, 11) is -3.94. The molecule has 0 N–H and O–H groups in total. The van der Waals surface area contributed by atoms with Crippen LogP contribution in [-0.2, 0) is 21.5 Å². The summed E-state index contributed by atoms with van der Waals surface area (Å²) in [4.78, 5) is 27.2. The molecule has 174 valence electrons. The summed E-state index contributed by atoms with van der Waals surface area (Å²) in [6.45, 7) is 0.188. The van der Waals surface area contributed by atoms with Crippen LogP contribution >= 0.6 is 11.8 Å². The van der Waals surface area contributed by atoms with Crippen LogP contribution in [0.4, 0.5) is 4.79 Å². The van der Waals surface area contributed by atoms with E-state index in [-0.39, 0.29) is 28.3 Å². The first-order valence-corrected chi connectivity index (χ1v) is 12.9. The second kappa shape index (κ2) is 9.40. The lowest BCUT2D eigenvalue weighted by Crippen LogP contribution is -2.27. The minimum atomic E-state index is -3.94. The van der Waals surface area contributed by atoms with Crippen molar-refractivity contribution in [1.82, 2.24) is 4.90 Å². The first-order chi connectivity index (χ1) is 16.9. The molecule has 1 aliphatic rings. The Kier molecular flexibility index (Phi) is 6.15. The van der Waals surface area contributed by atoms with Crippen molar-refractivity contribution in [2.24, 2.45) is 0 Å². The topological polar surface area (TPSA) is 80.8 Å². The van der Waals surface area contributed by atoms with Gasteiger partial charge in [0, 0.05) is 0 Å². The first-order valence-electron chi connectivity index (χ1n) is 10.7. The van der Waals surface area contributed by atoms with Gasteiger partial charge in [0.1, 0.15) is 10.6 Å². The fourth-order valence-corrected chi connectivity index (χ4v) is 5.56. The van der Waals surface area contributed by atoms with Gasteiger partial charge in [-0.15, -0.1) is 0 Å². The van der Waals surface area contributed by atoms with E-state index in [4.69, 9.17) is 4.18 Å². The summed E-state index contributed by atoms with van der Waals surface area (Å²) >= 11 is 0.884. The molecule has 0 atom stereocenters. The summed E-state index contributed by atoms with van der Waals surface area (Å²) in [6.07, 6.45) is 1.61. The van der Waals surface area contributed by atoms with E-state index in [0.717, 1.165) is 28.1 Å². The first kappa shape index (κ1) is 22.9. The van der Waals surface area contributed by atoms with Gasteiger partial charge in [0.15, 0.2) is 0 Å². The Balaban J connectivity index is 1.32. The van der Waals surface area contributed by atoms with Gasteiger partial charge in [0.25, 0.3) is 11.1 Å². The maximum atomic E-state index is 13.0. The van der Waals surface area contributed by atoms with E-state index in [1.54, 1.807) is 36.4 Å². The largest absolute Gasteiger partial charge is 0.379 e. The number of amides is 2. The number of hydrogen-bond donors (Lipinski definition) is 0. The Labute approximate surface area is 207 Å². The van der Waals surface area contributed by atoms with Crippen molar-refractivity contribution < 1.29 is 22.2 Å². The molecule has 8 heteroatoms. The molecule has 1 saturated heterocycles. The second-order valence-electron chi connectivity index (χ2n) is 7.83. The average Bonchev–Trinajstić information content (AvgIpc) is 3.13. The molecule has 0 aromatic heterocycles. The molecule has 35 heavy (non-hydrogen) atoms. The van der Waals surface area contributed by atoms with Crippen molar-refractivity contribution in [2.45, 2.75) is 11.4 Å². The van der Waals surface area contributed by atoms with Crippen molar-refractivity contribution >= 4 is 49.9 Å². The van der Waals surface area contributed by atoms with Crippen molar-refractivity contribution in [2.75, 3.05) is 0 Å². The van der Waals surface area contributed by atoms with E-state index in [1.807, 2.05) is 42.5 Å². The standard InChI is InChI=1S/C27H19NO5S2/c29-26-25(34-27(30)28(26)18-21-9-6-8-20-7-4-5-12-24(20)21)17-19-13-15-22(16-14-19)33-35(31,32)23-10-2-1-3-11-23/h1-17H,18H2/b25-17-. The van der Waals surface area contributed by atoms with Gasteiger partial charge in [-0.1, -0.05) is 72.8 Å². The number of nitrogens with zero attached hydrogens (tertiary/aromatic N) is 1. The number of carbonyl (C=O) groups excluding carboxylic acids is 2. The zero-order valence-corrected chi connectivity index (χ0v) is 20.0. The molecule has 4 aromatic rings. The molecule has 6 nitrogen and oxygen atoms in total. The van der Waals surface area contributed by atoms with Crippen LogP contribution in [0.3, 0.4) is 0 Å². The molecule has 1 aliphatic heterocycles. The Bertz CT molecular complexity index is 1560. The molecule has 0 saturated carbocycles. The van der Waals surface area contributed by atoms with Crippen molar-refractivity contribution in [3.05, 3.63) is 113 Å². The van der Waals surface area contributed by atoms with Crippen LogP contribution in [0, 0.1) is 0 Å². The van der Waals surface area contributed by atoms with Gasteiger partial charge in [-0.25, -0.2) is 0 Å². The molecule has 1 fully saturated rings. The van der Waals surface area contributed by atoms with Crippen molar-refractivity contribution in [3.8, 4) is 5.75 Å². The highest BCUT2D eigenvalue weighted by molar-refractivity contribution is 8.18. The summed E-state index contributed by atoms with van der Waals surface area (Å²) in [5.74, 6) is -0.213. The van der Waals surface area contributed by atoms with Gasteiger partial charge in [-0.05, 0) is 64.0 Å². The van der Waals surface area contributed by atoms with E-state index in [0.29, 0.717) is 10.5 Å². The third-order valence-corrected chi connectivity index (χ3v) is 7.67. The third-order valence-electron chi connectivity index (χ3n) is 5.50. The van der Waals surface area contributed by atoms with Gasteiger partial charge in [0.2, 0.25) is 0 Å². The molecule has 1 heterocycles. The highest BCUT2D eigenvalue weighted by atomic mass is 32.2. The molecule has 0 bridgehead atoms. The second-order valence-corrected chi connectivity index (χ2v) is 10.4. The fraction of sp³-hybridized carbons (Fsp3) is 0.0370. The molecular weight excluding hydrogens is 482 g/mol. The van der Waals surface area contributed by atoms with E-state index in [9.17, 15) is 18.0 Å². The van der Waals surface area contributed by atoms with E-state index < -0.39 is 10.1 Å². The predicted octanol–water partition coefficient (Wildman–Crippen LogP) is 5.84. The minimum absolute atomic E-state index is 0.0592. The van der Waals surface area contributed by atoms with Crippen LogP contribution in [0.2, 0.25) is 0 Å². The van der Waals surface area contributed by atoms with Crippen LogP contribution in [0.1, 0.15) is 11.1 Å². The van der Waals surface area contributed by atoms with Crippen molar-refractivity contribution in [3.63, 3.8) is 0 Å². The summed E-state index contributed by atoms with van der Waals surface area (Å²) in [5.41, 5.74) is 1.54. The van der Waals surface area contributed by atoms with Crippen LogP contribution in [0.25, 0.3) is 16.8 Å². The summed E-state index contributed by atoms with van der Waals surface area (Å²) < 4.78 is 30.0. The maximum Gasteiger partial charge on any atom is 0.339 e. The lowest BCUT2D eigenvalue weighted by atomic mass is 10.0. The van der Waals surface area contributed by atoms with Gasteiger partial charge >= 0.3 is 10.1 Å². The molecule has 4 aromatic carbocycles. The highest BCUT2D eigenvalue weighted by Crippen LogP contribution is 2.34. The smallest absolute Gasteiger partial charge is 0.339 e. The molecule has 2 amide bonds. The van der Waals surface area contributed by atoms with Crippen LogP contribution in [0.15, 0.2) is 107 Å². The summed E-state index contributed by atoms with van der Waals surface area (Å²) in [5, 5.41) is 1.71. The number of carbonyl (C=O) groups is 2. The molecule has 0 radical (unpaired) electrons. The fourth-order valence-electron chi connectivity index (χ4n) is 3.77. The Hall–Kier alpha value is -3.88. The monoisotopic (exact) mass is 501 g/mol. The van der Waals surface area contributed by atoms with E-state index in [2.05, 4.69) is 0 Å². The number of imide groups is 1. The normalized spacial score (nSPS) is 15.2. The van der Waals surface area contributed by atoms with Gasteiger partial charge in [0.05, 0.1) is 11.4 Å².